The van der Waals surface area contributed by atoms with Crippen molar-refractivity contribution in [2.75, 3.05) is 0 Å². The molecule has 0 saturated carbocycles. The third kappa shape index (κ3) is 8.50. The Kier molecular flexibility index (Phi) is 11.6. The first-order chi connectivity index (χ1) is 16.9. The quantitative estimate of drug-likeness (QED) is 0.127. The van der Waals surface area contributed by atoms with Crippen molar-refractivity contribution in [1.29, 1.82) is 0 Å². The first kappa shape index (κ1) is 31.7. The molecule has 4 rings (SSSR count). The average Bonchev–Trinajstić information content (AvgIpc) is 3.50. The third-order valence-electron chi connectivity index (χ3n) is 6.49. The van der Waals surface area contributed by atoms with E-state index in [4.69, 9.17) is 0 Å². The molecule has 204 valence electrons. The van der Waals surface area contributed by atoms with Crippen molar-refractivity contribution in [1.82, 2.24) is 0 Å². The minimum absolute atomic E-state index is 0. The van der Waals surface area contributed by atoms with E-state index in [1.807, 2.05) is 30.3 Å². The van der Waals surface area contributed by atoms with Crippen molar-refractivity contribution in [3.05, 3.63) is 114 Å². The first-order valence-electron chi connectivity index (χ1n) is 13.0. The number of hydrogen-bond acceptors (Lipinski definition) is 0. The zero-order valence-corrected chi connectivity index (χ0v) is 27.0. The van der Waals surface area contributed by atoms with Gasteiger partial charge in [0.25, 0.3) is 0 Å². The molecular formula is C34H44FeP2-6. The molecular weight excluding hydrogens is 526 g/mol. The molecule has 1 unspecified atom stereocenters. The van der Waals surface area contributed by atoms with Gasteiger partial charge >= 0.3 is 0 Å². The van der Waals surface area contributed by atoms with Crippen LogP contribution in [0.3, 0.4) is 0 Å². The Balaban J connectivity index is 0.000000716. The third-order valence-corrected chi connectivity index (χ3v) is 13.0. The maximum Gasteiger partial charge on any atom is 0 e. The molecule has 0 fully saturated rings. The van der Waals surface area contributed by atoms with E-state index in [9.17, 15) is 0 Å². The van der Waals surface area contributed by atoms with Crippen LogP contribution in [0.2, 0.25) is 0 Å². The van der Waals surface area contributed by atoms with Crippen molar-refractivity contribution in [3.63, 3.8) is 0 Å². The summed E-state index contributed by atoms with van der Waals surface area (Å²) in [5, 5.41) is 5.03. The first-order valence-corrected chi connectivity index (χ1v) is 15.8. The van der Waals surface area contributed by atoms with Gasteiger partial charge in [-0.2, -0.15) is 11.6 Å². The van der Waals surface area contributed by atoms with Crippen LogP contribution in [0.4, 0.5) is 0 Å². The van der Waals surface area contributed by atoms with Gasteiger partial charge in [0.15, 0.2) is 0 Å². The van der Waals surface area contributed by atoms with Gasteiger partial charge in [0, 0.05) is 17.1 Å². The van der Waals surface area contributed by atoms with E-state index in [-0.39, 0.29) is 25.0 Å². The Bertz CT molecular complexity index is 1090. The van der Waals surface area contributed by atoms with Crippen molar-refractivity contribution in [2.24, 2.45) is 0 Å². The standard InChI is InChI=1S/C29H39P2.C5H5.Fe/c1-21-13-17-24(18-14-21)30(25-19-15-22(2)16-20-25)27-12-10-11-26(27)23(3)31(28(4,5)6)29(7,8)9;1-2-4-5-3-1;/h10-20,23H,1-9H3;1-5H;/q-1;-5;. The topological polar surface area (TPSA) is 0 Å². The van der Waals surface area contributed by atoms with Gasteiger partial charge in [0.2, 0.25) is 0 Å². The number of rotatable bonds is 5. The second-order valence-electron chi connectivity index (χ2n) is 11.7. The number of benzene rings is 2. The van der Waals surface area contributed by atoms with Gasteiger partial charge in [0.05, 0.1) is 0 Å². The van der Waals surface area contributed by atoms with Gasteiger partial charge in [0.1, 0.15) is 0 Å². The van der Waals surface area contributed by atoms with Gasteiger partial charge < -0.3 is 30.3 Å². The number of hydrogen-bond donors (Lipinski definition) is 0. The van der Waals surface area contributed by atoms with Gasteiger partial charge in [-0.3, -0.25) is 0 Å². The van der Waals surface area contributed by atoms with Crippen LogP contribution < -0.4 is 15.9 Å². The molecule has 37 heavy (non-hydrogen) atoms. The van der Waals surface area contributed by atoms with Crippen LogP contribution in [0.5, 0.6) is 0 Å². The zero-order chi connectivity index (χ0) is 26.5. The summed E-state index contributed by atoms with van der Waals surface area (Å²) in [5.41, 5.74) is 4.76. The molecule has 0 nitrogen and oxygen atoms in total. The molecule has 0 spiro atoms. The van der Waals surface area contributed by atoms with E-state index in [1.165, 1.54) is 27.0 Å². The Morgan fingerprint density at radius 1 is 0.649 bits per heavy atom. The average molecular weight is 571 g/mol. The molecule has 4 aromatic carbocycles. The van der Waals surface area contributed by atoms with Gasteiger partial charge in [-0.1, -0.05) is 124 Å². The van der Waals surface area contributed by atoms with Crippen LogP contribution in [0.15, 0.2) is 97.1 Å². The fourth-order valence-corrected chi connectivity index (χ4v) is 12.9. The van der Waals surface area contributed by atoms with Crippen molar-refractivity contribution in [3.8, 4) is 0 Å². The smallest absolute Gasteiger partial charge is 0 e. The van der Waals surface area contributed by atoms with E-state index in [2.05, 4.69) is 129 Å². The van der Waals surface area contributed by atoms with E-state index in [1.54, 1.807) is 5.56 Å². The summed E-state index contributed by atoms with van der Waals surface area (Å²) in [6, 6.07) is 35.5. The fraction of sp³-hybridized carbons (Fsp3) is 0.353. The second-order valence-corrected chi connectivity index (χ2v) is 18.1. The van der Waals surface area contributed by atoms with Crippen LogP contribution in [0.25, 0.3) is 0 Å². The molecule has 3 heteroatoms. The molecule has 0 aliphatic heterocycles. The summed E-state index contributed by atoms with van der Waals surface area (Å²) in [7, 11) is -0.806. The number of aryl methyl sites for hydroxylation is 2. The molecule has 0 saturated heterocycles. The van der Waals surface area contributed by atoms with Crippen molar-refractivity contribution >= 4 is 31.8 Å². The predicted molar refractivity (Wildman–Crippen MR) is 167 cm³/mol. The molecule has 0 heterocycles. The minimum atomic E-state index is -0.573. The Hall–Kier alpha value is -1.48. The summed E-state index contributed by atoms with van der Waals surface area (Å²) in [5.74, 6) is 0. The molecule has 4 aromatic rings. The maximum atomic E-state index is 2.48. The molecule has 0 bridgehead atoms. The predicted octanol–water partition coefficient (Wildman–Crippen LogP) is 9.32. The summed E-state index contributed by atoms with van der Waals surface area (Å²) in [6.07, 6.45) is 0. The Labute approximate surface area is 240 Å². The fourth-order valence-electron chi connectivity index (χ4n) is 5.42. The molecule has 0 aliphatic carbocycles. The maximum absolute atomic E-state index is 2.48. The van der Waals surface area contributed by atoms with Crippen LogP contribution in [-0.2, 0) is 17.1 Å². The van der Waals surface area contributed by atoms with Gasteiger partial charge in [-0.15, -0.1) is 5.30 Å². The van der Waals surface area contributed by atoms with Crippen LogP contribution in [0.1, 0.15) is 70.8 Å². The van der Waals surface area contributed by atoms with E-state index in [0.717, 1.165) is 0 Å². The molecule has 0 N–H and O–H groups in total. The molecule has 0 radical (unpaired) electrons. The Morgan fingerprint density at radius 2 is 1.03 bits per heavy atom. The SMILES string of the molecule is Cc1ccc(P(c2ccc(C)cc2)[c-]2cccc2C(C)P(C(C)(C)C)C(C)(C)C)cc1.[Fe].[cH-]1[cH-][cH-][cH-][cH-]1. The van der Waals surface area contributed by atoms with Crippen LogP contribution in [0, 0.1) is 13.8 Å². The summed E-state index contributed by atoms with van der Waals surface area (Å²) in [6.45, 7) is 21.5. The second kappa shape index (κ2) is 13.5. The molecule has 0 amide bonds. The molecule has 0 aromatic heterocycles. The van der Waals surface area contributed by atoms with Crippen LogP contribution in [-0.4, -0.2) is 10.3 Å². The summed E-state index contributed by atoms with van der Waals surface area (Å²) < 4.78 is 0. The van der Waals surface area contributed by atoms with Crippen LogP contribution >= 0.6 is 15.8 Å². The Morgan fingerprint density at radius 3 is 1.38 bits per heavy atom. The molecule has 0 aliphatic rings. The van der Waals surface area contributed by atoms with E-state index in [0.29, 0.717) is 16.0 Å². The van der Waals surface area contributed by atoms with Gasteiger partial charge in [-0.25, -0.2) is 12.1 Å². The summed E-state index contributed by atoms with van der Waals surface area (Å²) in [4.78, 5) is 0. The largest absolute Gasteiger partial charge is 0.748 e. The van der Waals surface area contributed by atoms with E-state index >= 15 is 0 Å². The van der Waals surface area contributed by atoms with Crippen molar-refractivity contribution < 1.29 is 17.1 Å². The summed E-state index contributed by atoms with van der Waals surface area (Å²) >= 11 is 0. The minimum Gasteiger partial charge on any atom is -0.748 e. The van der Waals surface area contributed by atoms with Crippen molar-refractivity contribution in [2.45, 2.75) is 78.3 Å². The van der Waals surface area contributed by atoms with E-state index < -0.39 is 7.92 Å². The normalized spacial score (nSPS) is 12.6. The monoisotopic (exact) mass is 570 g/mol. The zero-order valence-electron chi connectivity index (χ0n) is 24.1. The molecule has 1 atom stereocenters. The van der Waals surface area contributed by atoms with Gasteiger partial charge in [-0.05, 0) is 40.4 Å².